The molecule has 1 rings (SSSR count). The molecule has 1 aromatic heterocycles. The van der Waals surface area contributed by atoms with Gasteiger partial charge in [-0.05, 0) is 30.7 Å². The highest BCUT2D eigenvalue weighted by atomic mass is 15.3. The minimum Gasteiger partial charge on any atom is -0.270 e. The van der Waals surface area contributed by atoms with E-state index in [1.807, 2.05) is 6.20 Å². The molecule has 1 aromatic rings. The second kappa shape index (κ2) is 4.63. The topological polar surface area (TPSA) is 17.8 Å². The number of nitrogens with zero attached hydrogens (tertiary/aromatic N) is 2. The summed E-state index contributed by atoms with van der Waals surface area (Å²) in [7, 11) is 0. The van der Waals surface area contributed by atoms with E-state index in [1.165, 1.54) is 12.0 Å². The van der Waals surface area contributed by atoms with Crippen molar-refractivity contribution in [1.82, 2.24) is 9.78 Å². The zero-order valence-electron chi connectivity index (χ0n) is 9.99. The zero-order valence-corrected chi connectivity index (χ0v) is 9.99. The highest BCUT2D eigenvalue weighted by Crippen LogP contribution is 2.19. The van der Waals surface area contributed by atoms with Crippen molar-refractivity contribution in [2.24, 2.45) is 5.92 Å². The fraction of sp³-hybridized carbons (Fsp3) is 0.750. The molecule has 0 saturated carbocycles. The molecule has 2 heteroatoms. The Labute approximate surface area is 87.3 Å². The summed E-state index contributed by atoms with van der Waals surface area (Å²) < 4.78 is 2.09. The molecule has 80 valence electrons. The molecule has 0 saturated heterocycles. The largest absolute Gasteiger partial charge is 0.270 e. The lowest BCUT2D eigenvalue weighted by Crippen LogP contribution is -2.08. The van der Waals surface area contributed by atoms with Crippen molar-refractivity contribution in [3.8, 4) is 0 Å². The predicted molar refractivity (Wildman–Crippen MR) is 60.5 cm³/mol. The first kappa shape index (κ1) is 11.3. The van der Waals surface area contributed by atoms with Crippen LogP contribution < -0.4 is 0 Å². The van der Waals surface area contributed by atoms with Crippen LogP contribution in [-0.2, 0) is 0 Å². The molecule has 0 aliphatic heterocycles. The Morgan fingerprint density at radius 3 is 2.29 bits per heavy atom. The molecule has 2 nitrogen and oxygen atoms in total. The van der Waals surface area contributed by atoms with Crippen molar-refractivity contribution in [3.63, 3.8) is 0 Å². The van der Waals surface area contributed by atoms with Crippen LogP contribution in [0.25, 0.3) is 0 Å². The summed E-state index contributed by atoms with van der Waals surface area (Å²) in [6.07, 6.45) is 5.36. The van der Waals surface area contributed by atoms with Crippen LogP contribution >= 0.6 is 0 Å². The van der Waals surface area contributed by atoms with Gasteiger partial charge in [0.15, 0.2) is 0 Å². The van der Waals surface area contributed by atoms with E-state index in [2.05, 4.69) is 50.6 Å². The van der Waals surface area contributed by atoms with Crippen molar-refractivity contribution in [1.29, 1.82) is 0 Å². The van der Waals surface area contributed by atoms with Crippen LogP contribution in [0.5, 0.6) is 0 Å². The standard InChI is InChI=1S/C12H22N2/c1-9(2)6-11(5)14-8-12(7-13-14)10(3)4/h7-11H,6H2,1-5H3/t11-/m0/s1. The van der Waals surface area contributed by atoms with Gasteiger partial charge >= 0.3 is 0 Å². The summed E-state index contributed by atoms with van der Waals surface area (Å²) in [4.78, 5) is 0. The summed E-state index contributed by atoms with van der Waals surface area (Å²) in [5.41, 5.74) is 1.33. The number of hydrogen-bond donors (Lipinski definition) is 0. The fourth-order valence-electron chi connectivity index (χ4n) is 1.68. The Bertz CT molecular complexity index is 274. The maximum atomic E-state index is 4.41. The van der Waals surface area contributed by atoms with E-state index >= 15 is 0 Å². The van der Waals surface area contributed by atoms with Gasteiger partial charge in [0.05, 0.1) is 6.20 Å². The Morgan fingerprint density at radius 2 is 1.86 bits per heavy atom. The molecule has 0 fully saturated rings. The quantitative estimate of drug-likeness (QED) is 0.716. The average Bonchev–Trinajstić information content (AvgIpc) is 2.50. The molecule has 0 unspecified atom stereocenters. The smallest absolute Gasteiger partial charge is 0.0524 e. The van der Waals surface area contributed by atoms with E-state index in [1.54, 1.807) is 0 Å². The second-order valence-corrected chi connectivity index (χ2v) is 4.89. The third-order valence-electron chi connectivity index (χ3n) is 2.55. The van der Waals surface area contributed by atoms with Gasteiger partial charge in [0.1, 0.15) is 0 Å². The minimum absolute atomic E-state index is 0.516. The van der Waals surface area contributed by atoms with Crippen molar-refractivity contribution in [3.05, 3.63) is 18.0 Å². The number of rotatable bonds is 4. The Hall–Kier alpha value is -0.790. The molecule has 1 heterocycles. The van der Waals surface area contributed by atoms with Crippen molar-refractivity contribution < 1.29 is 0 Å². The summed E-state index contributed by atoms with van der Waals surface area (Å²) in [6, 6.07) is 0.516. The van der Waals surface area contributed by atoms with Crippen LogP contribution in [0.4, 0.5) is 0 Å². The third kappa shape index (κ3) is 2.86. The lowest BCUT2D eigenvalue weighted by molar-refractivity contribution is 0.398. The van der Waals surface area contributed by atoms with Crippen molar-refractivity contribution in [2.45, 2.75) is 53.0 Å². The van der Waals surface area contributed by atoms with Crippen LogP contribution in [-0.4, -0.2) is 9.78 Å². The molecule has 0 amide bonds. The molecule has 0 radical (unpaired) electrons. The van der Waals surface area contributed by atoms with Gasteiger partial charge in [-0.15, -0.1) is 0 Å². The van der Waals surface area contributed by atoms with Gasteiger partial charge in [-0.1, -0.05) is 27.7 Å². The monoisotopic (exact) mass is 194 g/mol. The number of aromatic nitrogens is 2. The van der Waals surface area contributed by atoms with E-state index in [9.17, 15) is 0 Å². The molecule has 1 atom stereocenters. The van der Waals surface area contributed by atoms with E-state index in [0.717, 1.165) is 5.92 Å². The molecule has 0 aliphatic rings. The molecule has 0 spiro atoms. The van der Waals surface area contributed by atoms with Crippen LogP contribution in [0.1, 0.15) is 58.6 Å². The Morgan fingerprint density at radius 1 is 1.21 bits per heavy atom. The van der Waals surface area contributed by atoms with Gasteiger partial charge in [-0.2, -0.15) is 5.10 Å². The van der Waals surface area contributed by atoms with Crippen molar-refractivity contribution >= 4 is 0 Å². The first-order valence-electron chi connectivity index (χ1n) is 5.54. The minimum atomic E-state index is 0.516. The van der Waals surface area contributed by atoms with Gasteiger partial charge in [-0.3, -0.25) is 4.68 Å². The van der Waals surface area contributed by atoms with Crippen LogP contribution in [0, 0.1) is 5.92 Å². The highest BCUT2D eigenvalue weighted by Gasteiger charge is 2.09. The first-order chi connectivity index (χ1) is 6.50. The van der Waals surface area contributed by atoms with Gasteiger partial charge in [0.25, 0.3) is 0 Å². The van der Waals surface area contributed by atoms with E-state index in [4.69, 9.17) is 0 Å². The highest BCUT2D eigenvalue weighted by molar-refractivity contribution is 5.09. The molecular formula is C12H22N2. The van der Waals surface area contributed by atoms with E-state index < -0.39 is 0 Å². The normalized spacial score (nSPS) is 13.9. The Balaban J connectivity index is 2.66. The molecule has 0 bridgehead atoms. The maximum Gasteiger partial charge on any atom is 0.0524 e. The summed E-state index contributed by atoms with van der Waals surface area (Å²) in [5, 5.41) is 4.41. The summed E-state index contributed by atoms with van der Waals surface area (Å²) >= 11 is 0. The predicted octanol–water partition coefficient (Wildman–Crippen LogP) is 3.61. The number of hydrogen-bond acceptors (Lipinski definition) is 1. The SMILES string of the molecule is CC(C)C[C@H](C)n1cc(C(C)C)cn1. The van der Waals surface area contributed by atoms with E-state index in [0.29, 0.717) is 12.0 Å². The summed E-state index contributed by atoms with van der Waals surface area (Å²) in [6.45, 7) is 11.1. The lowest BCUT2D eigenvalue weighted by atomic mass is 10.1. The second-order valence-electron chi connectivity index (χ2n) is 4.89. The zero-order chi connectivity index (χ0) is 10.7. The average molecular weight is 194 g/mol. The Kier molecular flexibility index (Phi) is 3.73. The van der Waals surface area contributed by atoms with Gasteiger partial charge in [0, 0.05) is 12.2 Å². The molecule has 14 heavy (non-hydrogen) atoms. The van der Waals surface area contributed by atoms with Crippen molar-refractivity contribution in [2.75, 3.05) is 0 Å². The lowest BCUT2D eigenvalue weighted by Gasteiger charge is -2.14. The van der Waals surface area contributed by atoms with Crippen LogP contribution in [0.3, 0.4) is 0 Å². The summed E-state index contributed by atoms with van der Waals surface area (Å²) in [5.74, 6) is 1.31. The van der Waals surface area contributed by atoms with Gasteiger partial charge in [0.2, 0.25) is 0 Å². The van der Waals surface area contributed by atoms with Gasteiger partial charge in [-0.25, -0.2) is 0 Å². The molecule has 0 N–H and O–H groups in total. The van der Waals surface area contributed by atoms with E-state index in [-0.39, 0.29) is 0 Å². The fourth-order valence-corrected chi connectivity index (χ4v) is 1.68. The van der Waals surface area contributed by atoms with Gasteiger partial charge < -0.3 is 0 Å². The van der Waals surface area contributed by atoms with Crippen LogP contribution in [0.2, 0.25) is 0 Å². The maximum absolute atomic E-state index is 4.41. The third-order valence-corrected chi connectivity index (χ3v) is 2.55. The molecular weight excluding hydrogens is 172 g/mol. The molecule has 0 aromatic carbocycles. The molecule has 0 aliphatic carbocycles. The van der Waals surface area contributed by atoms with Crippen LogP contribution in [0.15, 0.2) is 12.4 Å². The first-order valence-corrected chi connectivity index (χ1v) is 5.54.